The zero-order chi connectivity index (χ0) is 19.1. The minimum atomic E-state index is 0.290. The second-order valence-electron chi connectivity index (χ2n) is 8.24. The van der Waals surface area contributed by atoms with Gasteiger partial charge in [-0.3, -0.25) is 0 Å². The summed E-state index contributed by atoms with van der Waals surface area (Å²) in [6.07, 6.45) is 4.78. The Kier molecular flexibility index (Phi) is 4.40. The second kappa shape index (κ2) is 7.06. The predicted octanol–water partition coefficient (Wildman–Crippen LogP) is 4.39. The van der Waals surface area contributed by atoms with Crippen molar-refractivity contribution in [2.24, 2.45) is 0 Å². The van der Waals surface area contributed by atoms with Gasteiger partial charge < -0.3 is 15.3 Å². The molecule has 5 nitrogen and oxygen atoms in total. The van der Waals surface area contributed by atoms with Crippen LogP contribution in [-0.2, 0) is 0 Å². The highest BCUT2D eigenvalue weighted by Crippen LogP contribution is 2.43. The molecule has 1 aliphatic carbocycles. The number of aromatic hydroxyl groups is 1. The Morgan fingerprint density at radius 2 is 1.86 bits per heavy atom. The van der Waals surface area contributed by atoms with Crippen LogP contribution in [0.2, 0.25) is 0 Å². The molecule has 0 radical (unpaired) electrons. The van der Waals surface area contributed by atoms with Crippen LogP contribution in [0.5, 0.6) is 5.75 Å². The van der Waals surface area contributed by atoms with Gasteiger partial charge in [-0.15, -0.1) is 10.2 Å². The molecule has 0 bridgehead atoms. The fraction of sp³-hybridized carbons (Fsp3) is 0.391. The van der Waals surface area contributed by atoms with E-state index in [2.05, 4.69) is 45.7 Å². The van der Waals surface area contributed by atoms with Crippen molar-refractivity contribution in [1.82, 2.24) is 15.1 Å². The first-order chi connectivity index (χ1) is 13.7. The summed E-state index contributed by atoms with van der Waals surface area (Å²) in [5, 5.41) is 25.4. The predicted molar refractivity (Wildman–Crippen MR) is 113 cm³/mol. The molecule has 144 valence electrons. The first kappa shape index (κ1) is 17.4. The van der Waals surface area contributed by atoms with Crippen molar-refractivity contribution in [2.75, 3.05) is 25.5 Å². The van der Waals surface area contributed by atoms with E-state index in [-0.39, 0.29) is 0 Å². The fourth-order valence-corrected chi connectivity index (χ4v) is 4.31. The minimum Gasteiger partial charge on any atom is -0.507 e. The Labute approximate surface area is 165 Å². The Hall–Kier alpha value is -2.66. The first-order valence-corrected chi connectivity index (χ1v) is 10.2. The molecule has 2 aromatic carbocycles. The second-order valence-corrected chi connectivity index (χ2v) is 8.24. The van der Waals surface area contributed by atoms with E-state index >= 15 is 0 Å². The number of aromatic nitrogens is 2. The summed E-state index contributed by atoms with van der Waals surface area (Å²) in [7, 11) is 2.16. The smallest absolute Gasteiger partial charge is 0.156 e. The maximum Gasteiger partial charge on any atom is 0.156 e. The lowest BCUT2D eigenvalue weighted by molar-refractivity contribution is 0.261. The molecule has 2 fully saturated rings. The average Bonchev–Trinajstić information content (AvgIpc) is 3.54. The SMILES string of the molecule is CN1CCC[C@@H](Nc2nnc(-c3ccc(C4CC4)cc3O)c3ccccc23)C1. The van der Waals surface area contributed by atoms with Crippen molar-refractivity contribution in [1.29, 1.82) is 0 Å². The van der Waals surface area contributed by atoms with E-state index in [1.807, 2.05) is 24.3 Å². The van der Waals surface area contributed by atoms with Crippen molar-refractivity contribution in [3.05, 3.63) is 48.0 Å². The van der Waals surface area contributed by atoms with Crippen molar-refractivity contribution in [2.45, 2.75) is 37.6 Å². The summed E-state index contributed by atoms with van der Waals surface area (Å²) in [5.74, 6) is 1.73. The number of likely N-dealkylation sites (tertiary alicyclic amines) is 1. The summed E-state index contributed by atoms with van der Waals surface area (Å²) in [4.78, 5) is 2.35. The van der Waals surface area contributed by atoms with Crippen molar-refractivity contribution in [3.63, 3.8) is 0 Å². The molecule has 2 heterocycles. The molecule has 3 aromatic rings. The molecule has 1 aliphatic heterocycles. The quantitative estimate of drug-likeness (QED) is 0.709. The third kappa shape index (κ3) is 3.31. The zero-order valence-corrected chi connectivity index (χ0v) is 16.2. The van der Waals surface area contributed by atoms with E-state index in [1.165, 1.54) is 24.8 Å². The number of nitrogens with zero attached hydrogens (tertiary/aromatic N) is 3. The normalized spacial score (nSPS) is 20.4. The number of fused-ring (bicyclic) bond motifs is 1. The summed E-state index contributed by atoms with van der Waals surface area (Å²) >= 11 is 0. The third-order valence-electron chi connectivity index (χ3n) is 5.98. The van der Waals surface area contributed by atoms with Crippen molar-refractivity contribution in [3.8, 4) is 17.0 Å². The fourth-order valence-electron chi connectivity index (χ4n) is 4.31. The molecule has 1 atom stereocenters. The van der Waals surface area contributed by atoms with E-state index in [0.717, 1.165) is 47.4 Å². The van der Waals surface area contributed by atoms with E-state index in [9.17, 15) is 5.11 Å². The van der Waals surface area contributed by atoms with Crippen molar-refractivity contribution < 1.29 is 5.11 Å². The average molecular weight is 374 g/mol. The van der Waals surface area contributed by atoms with Crippen LogP contribution in [0, 0.1) is 0 Å². The summed E-state index contributed by atoms with van der Waals surface area (Å²) in [6, 6.07) is 14.6. The molecular formula is C23H26N4O. The van der Waals surface area contributed by atoms with Gasteiger partial charge >= 0.3 is 0 Å². The summed E-state index contributed by atoms with van der Waals surface area (Å²) < 4.78 is 0. The number of phenols is 1. The van der Waals surface area contributed by atoms with Gasteiger partial charge in [-0.05, 0) is 62.9 Å². The van der Waals surface area contributed by atoms with Crippen LogP contribution in [0.4, 0.5) is 5.82 Å². The lowest BCUT2D eigenvalue weighted by atomic mass is 10.0. The topological polar surface area (TPSA) is 61.3 Å². The van der Waals surface area contributed by atoms with Gasteiger partial charge in [-0.1, -0.05) is 30.3 Å². The van der Waals surface area contributed by atoms with Crippen LogP contribution in [-0.4, -0.2) is 46.4 Å². The Bertz CT molecular complexity index is 1010. The van der Waals surface area contributed by atoms with Gasteiger partial charge in [-0.25, -0.2) is 0 Å². The molecule has 5 heteroatoms. The zero-order valence-electron chi connectivity index (χ0n) is 16.2. The number of hydrogen-bond donors (Lipinski definition) is 2. The van der Waals surface area contributed by atoms with E-state index in [4.69, 9.17) is 0 Å². The lowest BCUT2D eigenvalue weighted by Crippen LogP contribution is -2.40. The number of anilines is 1. The number of nitrogens with one attached hydrogen (secondary N) is 1. The van der Waals surface area contributed by atoms with Crippen LogP contribution in [0.15, 0.2) is 42.5 Å². The van der Waals surface area contributed by atoms with Crippen molar-refractivity contribution >= 4 is 16.6 Å². The molecule has 1 saturated carbocycles. The molecule has 0 unspecified atom stereocenters. The van der Waals surface area contributed by atoms with Crippen LogP contribution >= 0.6 is 0 Å². The minimum absolute atomic E-state index is 0.290. The number of phenolic OH excluding ortho intramolecular Hbond substituents is 1. The molecule has 28 heavy (non-hydrogen) atoms. The highest BCUT2D eigenvalue weighted by atomic mass is 16.3. The van der Waals surface area contributed by atoms with Gasteiger partial charge in [0.1, 0.15) is 11.4 Å². The van der Waals surface area contributed by atoms with Gasteiger partial charge in [-0.2, -0.15) is 0 Å². The van der Waals surface area contributed by atoms with E-state index in [0.29, 0.717) is 17.7 Å². The van der Waals surface area contributed by atoms with Crippen LogP contribution in [0.1, 0.15) is 37.2 Å². The first-order valence-electron chi connectivity index (χ1n) is 10.2. The van der Waals surface area contributed by atoms with Gasteiger partial charge in [0, 0.05) is 28.9 Å². The molecule has 1 saturated heterocycles. The maximum atomic E-state index is 10.7. The molecule has 0 amide bonds. The van der Waals surface area contributed by atoms with Crippen LogP contribution in [0.25, 0.3) is 22.0 Å². The Balaban J connectivity index is 1.53. The van der Waals surface area contributed by atoms with Gasteiger partial charge in [0.25, 0.3) is 0 Å². The Morgan fingerprint density at radius 1 is 1.04 bits per heavy atom. The van der Waals surface area contributed by atoms with Crippen LogP contribution < -0.4 is 5.32 Å². The van der Waals surface area contributed by atoms with Gasteiger partial charge in [0.15, 0.2) is 5.82 Å². The molecule has 1 aromatic heterocycles. The monoisotopic (exact) mass is 374 g/mol. The number of benzene rings is 2. The number of hydrogen-bond acceptors (Lipinski definition) is 5. The molecule has 2 aliphatic rings. The molecular weight excluding hydrogens is 348 g/mol. The highest BCUT2D eigenvalue weighted by Gasteiger charge is 2.25. The summed E-state index contributed by atoms with van der Waals surface area (Å²) in [5.41, 5.74) is 2.71. The standard InChI is InChI=1S/C23H26N4O/c1-27-12-4-5-17(14-27)24-23-19-7-3-2-6-18(19)22(25-26-23)20-11-10-16(13-21(20)28)15-8-9-15/h2-3,6-7,10-11,13,15,17,28H,4-5,8-9,12,14H2,1H3,(H,24,26)/t17-/m1/s1. The highest BCUT2D eigenvalue weighted by molar-refractivity contribution is 6.00. The number of rotatable bonds is 4. The van der Waals surface area contributed by atoms with Crippen LogP contribution in [0.3, 0.4) is 0 Å². The van der Waals surface area contributed by atoms with E-state index in [1.54, 1.807) is 0 Å². The largest absolute Gasteiger partial charge is 0.507 e. The molecule has 0 spiro atoms. The van der Waals surface area contributed by atoms with Gasteiger partial charge in [0.05, 0.1) is 0 Å². The molecule has 5 rings (SSSR count). The summed E-state index contributed by atoms with van der Waals surface area (Å²) in [6.45, 7) is 2.17. The third-order valence-corrected chi connectivity index (χ3v) is 5.98. The number of likely N-dealkylation sites (N-methyl/N-ethyl adjacent to an activating group) is 1. The number of piperidine rings is 1. The Morgan fingerprint density at radius 3 is 2.61 bits per heavy atom. The maximum absolute atomic E-state index is 10.7. The van der Waals surface area contributed by atoms with Gasteiger partial charge in [0.2, 0.25) is 0 Å². The lowest BCUT2D eigenvalue weighted by Gasteiger charge is -2.30. The van der Waals surface area contributed by atoms with E-state index < -0.39 is 0 Å². The molecule has 2 N–H and O–H groups in total.